The molecule has 1 N–H and O–H groups in total. The van der Waals surface area contributed by atoms with Crippen molar-refractivity contribution in [1.29, 1.82) is 0 Å². The summed E-state index contributed by atoms with van der Waals surface area (Å²) in [5, 5.41) is 9.82. The molecule has 1 aliphatic carbocycles. The summed E-state index contributed by atoms with van der Waals surface area (Å²) in [5.41, 5.74) is 1.13. The maximum atomic E-state index is 9.82. The lowest BCUT2D eigenvalue weighted by atomic mass is 9.85. The lowest BCUT2D eigenvalue weighted by Crippen LogP contribution is -2.09. The topological polar surface area (TPSA) is 20.2 Å². The zero-order valence-corrected chi connectivity index (χ0v) is 11.0. The molecule has 1 nitrogen and oxygen atoms in total. The number of rotatable bonds is 2. The first-order valence-electron chi connectivity index (χ1n) is 5.73. The molecule has 2 heteroatoms. The third-order valence-electron chi connectivity index (χ3n) is 3.28. The normalized spacial score (nSPS) is 17.9. The van der Waals surface area contributed by atoms with Crippen LogP contribution in [-0.2, 0) is 6.42 Å². The van der Waals surface area contributed by atoms with E-state index in [2.05, 4.69) is 34.7 Å². The molecule has 0 bridgehead atoms. The number of phenols is 1. The second kappa shape index (κ2) is 5.19. The molecule has 1 saturated carbocycles. The van der Waals surface area contributed by atoms with Crippen molar-refractivity contribution >= 4 is 22.6 Å². The van der Waals surface area contributed by atoms with E-state index in [1.807, 2.05) is 6.07 Å². The van der Waals surface area contributed by atoms with Crippen molar-refractivity contribution in [1.82, 2.24) is 0 Å². The Morgan fingerprint density at radius 2 is 1.93 bits per heavy atom. The minimum Gasteiger partial charge on any atom is -0.508 e. The van der Waals surface area contributed by atoms with Gasteiger partial charge in [0.25, 0.3) is 0 Å². The smallest absolute Gasteiger partial charge is 0.119 e. The highest BCUT2D eigenvalue weighted by molar-refractivity contribution is 14.1. The molecule has 0 spiro atoms. The molecule has 1 aliphatic rings. The van der Waals surface area contributed by atoms with Gasteiger partial charge in [0.15, 0.2) is 0 Å². The fourth-order valence-corrected chi connectivity index (χ4v) is 2.89. The van der Waals surface area contributed by atoms with Gasteiger partial charge in [-0.1, -0.05) is 38.2 Å². The van der Waals surface area contributed by atoms with Crippen LogP contribution in [0.3, 0.4) is 0 Å². The highest BCUT2D eigenvalue weighted by Gasteiger charge is 2.15. The summed E-state index contributed by atoms with van der Waals surface area (Å²) >= 11 is 2.23. The van der Waals surface area contributed by atoms with Crippen molar-refractivity contribution < 1.29 is 5.11 Å². The van der Waals surface area contributed by atoms with E-state index < -0.39 is 0 Å². The molecule has 1 aromatic carbocycles. The first-order valence-corrected chi connectivity index (χ1v) is 6.81. The molecular weight excluding hydrogens is 299 g/mol. The monoisotopic (exact) mass is 316 g/mol. The molecule has 0 unspecified atom stereocenters. The van der Waals surface area contributed by atoms with Crippen LogP contribution in [0.25, 0.3) is 0 Å². The van der Waals surface area contributed by atoms with E-state index in [0.29, 0.717) is 5.75 Å². The van der Waals surface area contributed by atoms with Crippen LogP contribution < -0.4 is 0 Å². The Hall–Kier alpha value is -0.250. The lowest BCUT2D eigenvalue weighted by Gasteiger charge is -2.21. The Labute approximate surface area is 105 Å². The van der Waals surface area contributed by atoms with Crippen molar-refractivity contribution in [2.45, 2.75) is 38.5 Å². The second-order valence-corrected chi connectivity index (χ2v) is 5.73. The molecule has 0 heterocycles. The molecule has 0 radical (unpaired) electrons. The van der Waals surface area contributed by atoms with Gasteiger partial charge in [-0.25, -0.2) is 0 Å². The Morgan fingerprint density at radius 1 is 1.20 bits per heavy atom. The van der Waals surface area contributed by atoms with E-state index in [1.165, 1.54) is 32.1 Å². The summed E-state index contributed by atoms with van der Waals surface area (Å²) in [7, 11) is 0. The van der Waals surface area contributed by atoms with E-state index >= 15 is 0 Å². The molecule has 0 saturated heterocycles. The van der Waals surface area contributed by atoms with E-state index in [-0.39, 0.29) is 0 Å². The summed E-state index contributed by atoms with van der Waals surface area (Å²) in [4.78, 5) is 0. The average molecular weight is 316 g/mol. The molecule has 2 rings (SSSR count). The van der Waals surface area contributed by atoms with E-state index in [0.717, 1.165) is 21.5 Å². The van der Waals surface area contributed by atoms with Gasteiger partial charge in [0, 0.05) is 3.57 Å². The van der Waals surface area contributed by atoms with Gasteiger partial charge in [-0.3, -0.25) is 0 Å². The fourth-order valence-electron chi connectivity index (χ4n) is 2.41. The molecule has 15 heavy (non-hydrogen) atoms. The van der Waals surface area contributed by atoms with Crippen LogP contribution in [0.2, 0.25) is 0 Å². The summed E-state index contributed by atoms with van der Waals surface area (Å²) in [6, 6.07) is 6.02. The van der Waals surface area contributed by atoms with Gasteiger partial charge in [-0.15, -0.1) is 0 Å². The highest BCUT2D eigenvalue weighted by atomic mass is 127. The third kappa shape index (κ3) is 3.10. The number of halogens is 1. The number of phenolic OH excluding ortho intramolecular Hbond substituents is 1. The Morgan fingerprint density at radius 3 is 2.60 bits per heavy atom. The van der Waals surface area contributed by atoms with Gasteiger partial charge in [0.1, 0.15) is 5.75 Å². The van der Waals surface area contributed by atoms with Gasteiger partial charge < -0.3 is 5.11 Å². The van der Waals surface area contributed by atoms with Crippen LogP contribution in [0.4, 0.5) is 0 Å². The van der Waals surface area contributed by atoms with Crippen LogP contribution in [0.15, 0.2) is 18.2 Å². The summed E-state index contributed by atoms with van der Waals surface area (Å²) in [5.74, 6) is 1.28. The Balaban J connectivity index is 2.03. The van der Waals surface area contributed by atoms with Gasteiger partial charge in [-0.05, 0) is 52.6 Å². The minimum atomic E-state index is 0.479. The van der Waals surface area contributed by atoms with E-state index in [9.17, 15) is 5.11 Å². The maximum Gasteiger partial charge on any atom is 0.119 e. The van der Waals surface area contributed by atoms with Gasteiger partial charge in [0.2, 0.25) is 0 Å². The van der Waals surface area contributed by atoms with Crippen LogP contribution in [0.5, 0.6) is 5.75 Å². The zero-order valence-electron chi connectivity index (χ0n) is 8.88. The van der Waals surface area contributed by atoms with Gasteiger partial charge >= 0.3 is 0 Å². The molecule has 0 aromatic heterocycles. The van der Waals surface area contributed by atoms with Crippen molar-refractivity contribution in [3.63, 3.8) is 0 Å². The number of hydrogen-bond acceptors (Lipinski definition) is 1. The van der Waals surface area contributed by atoms with Gasteiger partial charge in [-0.2, -0.15) is 0 Å². The minimum absolute atomic E-state index is 0.479. The molecule has 0 aliphatic heterocycles. The molecular formula is C13H17IO. The quantitative estimate of drug-likeness (QED) is 0.814. The zero-order chi connectivity index (χ0) is 10.7. The highest BCUT2D eigenvalue weighted by Crippen LogP contribution is 2.30. The van der Waals surface area contributed by atoms with E-state index in [4.69, 9.17) is 0 Å². The number of benzene rings is 1. The average Bonchev–Trinajstić information content (AvgIpc) is 2.24. The van der Waals surface area contributed by atoms with Crippen molar-refractivity contribution in [2.75, 3.05) is 0 Å². The number of aromatic hydroxyl groups is 1. The van der Waals surface area contributed by atoms with Crippen LogP contribution >= 0.6 is 22.6 Å². The molecule has 0 amide bonds. The fraction of sp³-hybridized carbons (Fsp3) is 0.538. The van der Waals surface area contributed by atoms with Crippen LogP contribution in [-0.4, -0.2) is 5.11 Å². The molecule has 82 valence electrons. The summed E-state index contributed by atoms with van der Waals surface area (Å²) in [6.45, 7) is 0. The SMILES string of the molecule is Oc1cc(I)ccc1CC1CCCCC1. The molecule has 1 aromatic rings. The largest absolute Gasteiger partial charge is 0.508 e. The summed E-state index contributed by atoms with van der Waals surface area (Å²) < 4.78 is 1.11. The predicted octanol–water partition coefficient (Wildman–Crippen LogP) is 4.12. The van der Waals surface area contributed by atoms with Crippen LogP contribution in [0, 0.1) is 9.49 Å². The lowest BCUT2D eigenvalue weighted by molar-refractivity contribution is 0.351. The number of hydrogen-bond donors (Lipinski definition) is 1. The maximum absolute atomic E-state index is 9.82. The van der Waals surface area contributed by atoms with E-state index in [1.54, 1.807) is 0 Å². The molecule has 1 fully saturated rings. The molecule has 0 atom stereocenters. The Bertz CT molecular complexity index is 329. The first kappa shape index (κ1) is 11.2. The van der Waals surface area contributed by atoms with Crippen molar-refractivity contribution in [3.8, 4) is 5.75 Å². The van der Waals surface area contributed by atoms with Crippen LogP contribution in [0.1, 0.15) is 37.7 Å². The third-order valence-corrected chi connectivity index (χ3v) is 3.95. The summed E-state index contributed by atoms with van der Waals surface area (Å²) in [6.07, 6.45) is 7.88. The second-order valence-electron chi connectivity index (χ2n) is 4.48. The van der Waals surface area contributed by atoms with Gasteiger partial charge in [0.05, 0.1) is 0 Å². The predicted molar refractivity (Wildman–Crippen MR) is 71.1 cm³/mol. The first-order chi connectivity index (χ1) is 7.25. The van der Waals surface area contributed by atoms with Crippen molar-refractivity contribution in [3.05, 3.63) is 27.3 Å². The Kier molecular flexibility index (Phi) is 3.89. The standard InChI is InChI=1S/C13H17IO/c14-12-7-6-11(13(15)9-12)8-10-4-2-1-3-5-10/h6-7,9-10,15H,1-5,8H2. The van der Waals surface area contributed by atoms with Crippen molar-refractivity contribution in [2.24, 2.45) is 5.92 Å².